The Bertz CT molecular complexity index is 769. The number of hydrogen-bond donors (Lipinski definition) is 1. The number of ether oxygens (including phenoxy) is 1. The summed E-state index contributed by atoms with van der Waals surface area (Å²) in [4.78, 5) is 12.0. The lowest BCUT2D eigenvalue weighted by Crippen LogP contribution is -2.24. The molecule has 0 atom stereocenters. The monoisotopic (exact) mass is 411 g/mol. The third-order valence-corrected chi connectivity index (χ3v) is 3.91. The van der Waals surface area contributed by atoms with Crippen LogP contribution < -0.4 is 10.1 Å². The van der Waals surface area contributed by atoms with Crippen LogP contribution >= 0.6 is 39.1 Å². The highest BCUT2D eigenvalue weighted by Gasteiger charge is 2.09. The fourth-order valence-electron chi connectivity index (χ4n) is 1.68. The fourth-order valence-corrected chi connectivity index (χ4v) is 2.44. The standard InChI is InChI=1S/C17H12BrCl2NO2/c18-12-7-8-14(19)13(11-12)17(22)21-9-3-4-10-23-16-6-2-1-5-15(16)20/h1-2,5-8,11H,9-10H2,(H,21,22). The average molecular weight is 413 g/mol. The van der Waals surface area contributed by atoms with Gasteiger partial charge < -0.3 is 10.1 Å². The van der Waals surface area contributed by atoms with Gasteiger partial charge in [0.15, 0.2) is 0 Å². The van der Waals surface area contributed by atoms with Crippen LogP contribution in [-0.2, 0) is 0 Å². The van der Waals surface area contributed by atoms with Gasteiger partial charge in [-0.2, -0.15) is 0 Å². The van der Waals surface area contributed by atoms with Crippen LogP contribution in [0.3, 0.4) is 0 Å². The van der Waals surface area contributed by atoms with E-state index in [2.05, 4.69) is 33.1 Å². The number of amides is 1. The fraction of sp³-hybridized carbons (Fsp3) is 0.118. The minimum absolute atomic E-state index is 0.192. The lowest BCUT2D eigenvalue weighted by molar-refractivity contribution is 0.0959. The minimum atomic E-state index is -0.280. The second-order valence-electron chi connectivity index (χ2n) is 4.38. The Morgan fingerprint density at radius 3 is 2.70 bits per heavy atom. The van der Waals surface area contributed by atoms with E-state index in [-0.39, 0.29) is 19.1 Å². The molecule has 0 aliphatic heterocycles. The van der Waals surface area contributed by atoms with E-state index >= 15 is 0 Å². The van der Waals surface area contributed by atoms with E-state index in [4.69, 9.17) is 27.9 Å². The number of nitrogens with one attached hydrogen (secondary N) is 1. The Morgan fingerprint density at radius 2 is 1.91 bits per heavy atom. The molecule has 0 spiro atoms. The molecule has 2 rings (SSSR count). The summed E-state index contributed by atoms with van der Waals surface area (Å²) >= 11 is 15.2. The first-order valence-corrected chi connectivity index (χ1v) is 8.19. The molecule has 6 heteroatoms. The van der Waals surface area contributed by atoms with E-state index in [9.17, 15) is 4.79 Å². The van der Waals surface area contributed by atoms with Crippen molar-refractivity contribution in [3.05, 3.63) is 62.5 Å². The Labute approximate surface area is 153 Å². The summed E-state index contributed by atoms with van der Waals surface area (Å²) in [6, 6.07) is 12.2. The molecule has 0 saturated carbocycles. The number of hydrogen-bond acceptors (Lipinski definition) is 2. The molecule has 0 bridgehead atoms. The zero-order valence-corrected chi connectivity index (χ0v) is 15.0. The van der Waals surface area contributed by atoms with E-state index < -0.39 is 0 Å². The summed E-state index contributed by atoms with van der Waals surface area (Å²) in [5, 5.41) is 3.60. The molecule has 0 unspecified atom stereocenters. The van der Waals surface area contributed by atoms with Crippen molar-refractivity contribution in [2.45, 2.75) is 0 Å². The molecule has 0 saturated heterocycles. The van der Waals surface area contributed by atoms with E-state index in [1.807, 2.05) is 12.1 Å². The maximum absolute atomic E-state index is 12.0. The van der Waals surface area contributed by atoms with Crippen LogP contribution in [0.2, 0.25) is 10.0 Å². The normalized spacial score (nSPS) is 9.70. The zero-order valence-electron chi connectivity index (χ0n) is 11.9. The molecular formula is C17H12BrCl2NO2. The van der Waals surface area contributed by atoms with Crippen LogP contribution in [0.5, 0.6) is 5.75 Å². The molecule has 3 nitrogen and oxygen atoms in total. The third-order valence-electron chi connectivity index (χ3n) is 2.77. The first kappa shape index (κ1) is 17.7. The molecule has 0 radical (unpaired) electrons. The van der Waals surface area contributed by atoms with E-state index in [1.165, 1.54) is 0 Å². The molecule has 0 heterocycles. The van der Waals surface area contributed by atoms with Gasteiger partial charge in [0.05, 0.1) is 22.2 Å². The average Bonchev–Trinajstić information content (AvgIpc) is 2.54. The van der Waals surface area contributed by atoms with Crippen molar-refractivity contribution in [1.82, 2.24) is 5.32 Å². The van der Waals surface area contributed by atoms with Crippen molar-refractivity contribution in [3.8, 4) is 17.6 Å². The van der Waals surface area contributed by atoms with E-state index in [0.717, 1.165) is 4.47 Å². The number of rotatable bonds is 4. The number of carbonyl (C=O) groups excluding carboxylic acids is 1. The maximum Gasteiger partial charge on any atom is 0.253 e. The van der Waals surface area contributed by atoms with Gasteiger partial charge in [-0.3, -0.25) is 4.79 Å². The van der Waals surface area contributed by atoms with Crippen LogP contribution in [0.1, 0.15) is 10.4 Å². The lowest BCUT2D eigenvalue weighted by Gasteiger charge is -2.04. The van der Waals surface area contributed by atoms with Crippen molar-refractivity contribution in [3.63, 3.8) is 0 Å². The molecule has 1 amide bonds. The summed E-state index contributed by atoms with van der Waals surface area (Å²) in [5.41, 5.74) is 0.398. The number of para-hydroxylation sites is 1. The zero-order chi connectivity index (χ0) is 16.7. The first-order valence-electron chi connectivity index (χ1n) is 6.64. The summed E-state index contributed by atoms with van der Waals surface area (Å²) in [6.07, 6.45) is 0. The van der Waals surface area contributed by atoms with Crippen LogP contribution in [0, 0.1) is 11.8 Å². The summed E-state index contributed by atoms with van der Waals surface area (Å²) < 4.78 is 6.20. The second-order valence-corrected chi connectivity index (χ2v) is 6.11. The van der Waals surface area contributed by atoms with Gasteiger partial charge in [0.1, 0.15) is 12.4 Å². The van der Waals surface area contributed by atoms with Gasteiger partial charge in [0, 0.05) is 4.47 Å². The minimum Gasteiger partial charge on any atom is -0.479 e. The third kappa shape index (κ3) is 5.47. The van der Waals surface area contributed by atoms with Gasteiger partial charge in [0.2, 0.25) is 0 Å². The second kappa shape index (κ2) is 8.83. The van der Waals surface area contributed by atoms with Crippen molar-refractivity contribution >= 4 is 45.0 Å². The number of benzene rings is 2. The molecule has 1 N–H and O–H groups in total. The quantitative estimate of drug-likeness (QED) is 0.747. The topological polar surface area (TPSA) is 38.3 Å². The van der Waals surface area contributed by atoms with Crippen molar-refractivity contribution < 1.29 is 9.53 Å². The van der Waals surface area contributed by atoms with Crippen molar-refractivity contribution in [1.29, 1.82) is 0 Å². The molecule has 23 heavy (non-hydrogen) atoms. The first-order chi connectivity index (χ1) is 11.1. The van der Waals surface area contributed by atoms with Crippen LogP contribution in [0.25, 0.3) is 0 Å². The van der Waals surface area contributed by atoms with E-state index in [1.54, 1.807) is 30.3 Å². The Hall–Kier alpha value is -1.67. The summed E-state index contributed by atoms with van der Waals surface area (Å²) in [7, 11) is 0. The van der Waals surface area contributed by atoms with Crippen LogP contribution in [-0.4, -0.2) is 19.1 Å². The summed E-state index contributed by atoms with van der Waals surface area (Å²) in [5.74, 6) is 5.91. The Balaban J connectivity index is 1.80. The van der Waals surface area contributed by atoms with Gasteiger partial charge >= 0.3 is 0 Å². The van der Waals surface area contributed by atoms with Crippen LogP contribution in [0.15, 0.2) is 46.9 Å². The lowest BCUT2D eigenvalue weighted by atomic mass is 10.2. The highest BCUT2D eigenvalue weighted by atomic mass is 79.9. The highest BCUT2D eigenvalue weighted by molar-refractivity contribution is 9.10. The molecule has 0 aliphatic rings. The maximum atomic E-state index is 12.0. The summed E-state index contributed by atoms with van der Waals surface area (Å²) in [6.45, 7) is 0.394. The molecule has 0 aromatic heterocycles. The number of carbonyl (C=O) groups is 1. The molecule has 2 aromatic rings. The molecular weight excluding hydrogens is 401 g/mol. The smallest absolute Gasteiger partial charge is 0.253 e. The molecule has 118 valence electrons. The van der Waals surface area contributed by atoms with Crippen molar-refractivity contribution in [2.24, 2.45) is 0 Å². The Morgan fingerprint density at radius 1 is 1.13 bits per heavy atom. The molecule has 2 aromatic carbocycles. The van der Waals surface area contributed by atoms with Crippen LogP contribution in [0.4, 0.5) is 0 Å². The van der Waals surface area contributed by atoms with Gasteiger partial charge in [-0.05, 0) is 30.3 Å². The number of halogens is 3. The largest absolute Gasteiger partial charge is 0.479 e. The van der Waals surface area contributed by atoms with E-state index in [0.29, 0.717) is 21.4 Å². The predicted octanol–water partition coefficient (Wildman–Crippen LogP) is 4.57. The van der Waals surface area contributed by atoms with Gasteiger partial charge in [-0.15, -0.1) is 0 Å². The van der Waals surface area contributed by atoms with Gasteiger partial charge in [-0.25, -0.2) is 0 Å². The van der Waals surface area contributed by atoms with Crippen molar-refractivity contribution in [2.75, 3.05) is 13.2 Å². The van der Waals surface area contributed by atoms with Gasteiger partial charge in [0.25, 0.3) is 5.91 Å². The Kier molecular flexibility index (Phi) is 6.79. The van der Waals surface area contributed by atoms with Gasteiger partial charge in [-0.1, -0.05) is 63.1 Å². The predicted molar refractivity (Wildman–Crippen MR) is 96.2 cm³/mol. The molecule has 0 aliphatic carbocycles. The highest BCUT2D eigenvalue weighted by Crippen LogP contribution is 2.22. The molecule has 0 fully saturated rings. The SMILES string of the molecule is O=C(NCC#CCOc1ccccc1Cl)c1cc(Br)ccc1Cl.